The number of carbonyl (C=O) groups is 6. The molecule has 2 heterocycles. The van der Waals surface area contributed by atoms with E-state index in [1.165, 1.54) is 13.8 Å². The first-order valence-corrected chi connectivity index (χ1v) is 10.7. The third-order valence-electron chi connectivity index (χ3n) is 6.29. The summed E-state index contributed by atoms with van der Waals surface area (Å²) in [4.78, 5) is 73.8. The molecule has 2 rings (SSSR count). The SMILES string of the molecule is CCC12CC(=O)N(C1=O)C(C(=O)NCC(=O)NC(C)C(=O)NCOCC(N)=O)CCC2(C)O. The fourth-order valence-corrected chi connectivity index (χ4v) is 4.26. The lowest BCUT2D eigenvalue weighted by atomic mass is 9.68. The van der Waals surface area contributed by atoms with Crippen molar-refractivity contribution in [1.29, 1.82) is 0 Å². The number of fused-ring (bicyclic) bond motifs is 2. The Morgan fingerprint density at radius 1 is 1.27 bits per heavy atom. The summed E-state index contributed by atoms with van der Waals surface area (Å²) in [5.74, 6) is -3.77. The highest BCUT2D eigenvalue weighted by Crippen LogP contribution is 2.50. The molecular weight excluding hydrogens is 438 g/mol. The Kier molecular flexibility index (Phi) is 8.14. The van der Waals surface area contributed by atoms with Crippen LogP contribution in [0.2, 0.25) is 0 Å². The summed E-state index contributed by atoms with van der Waals surface area (Å²) in [7, 11) is 0. The van der Waals surface area contributed by atoms with Crippen molar-refractivity contribution in [2.24, 2.45) is 11.1 Å². The molecule has 2 aliphatic heterocycles. The molecule has 4 unspecified atom stereocenters. The van der Waals surface area contributed by atoms with E-state index in [9.17, 15) is 33.9 Å². The number of ether oxygens (including phenoxy) is 1. The van der Waals surface area contributed by atoms with E-state index in [0.717, 1.165) is 4.90 Å². The second-order valence-corrected chi connectivity index (χ2v) is 8.52. The zero-order valence-electron chi connectivity index (χ0n) is 18.9. The van der Waals surface area contributed by atoms with Crippen LogP contribution in [-0.2, 0) is 33.5 Å². The van der Waals surface area contributed by atoms with Gasteiger partial charge in [-0.05, 0) is 33.1 Å². The van der Waals surface area contributed by atoms with Gasteiger partial charge < -0.3 is 31.5 Å². The summed E-state index contributed by atoms with van der Waals surface area (Å²) in [5, 5.41) is 18.0. The fourth-order valence-electron chi connectivity index (χ4n) is 4.26. The minimum atomic E-state index is -1.44. The molecule has 6 amide bonds. The number of carbonyl (C=O) groups excluding carboxylic acids is 6. The molecule has 184 valence electrons. The average molecular weight is 469 g/mol. The van der Waals surface area contributed by atoms with Crippen molar-refractivity contribution in [2.75, 3.05) is 19.9 Å². The Hall–Kier alpha value is -3.06. The van der Waals surface area contributed by atoms with Gasteiger partial charge in [0.2, 0.25) is 35.4 Å². The van der Waals surface area contributed by atoms with E-state index in [-0.39, 0.29) is 39.0 Å². The average Bonchev–Trinajstić information content (AvgIpc) is 2.96. The number of nitrogens with zero attached hydrogens (tertiary/aromatic N) is 1. The number of rotatable bonds is 10. The maximum atomic E-state index is 13.0. The molecule has 0 aromatic carbocycles. The monoisotopic (exact) mass is 469 g/mol. The molecule has 2 saturated heterocycles. The number of nitrogens with one attached hydrogen (secondary N) is 3. The normalized spacial score (nSPS) is 27.5. The van der Waals surface area contributed by atoms with Gasteiger partial charge in [-0.3, -0.25) is 33.7 Å². The third kappa shape index (κ3) is 5.47. The van der Waals surface area contributed by atoms with Crippen LogP contribution in [0, 0.1) is 5.41 Å². The molecule has 2 aliphatic rings. The Labute approximate surface area is 190 Å². The fraction of sp³-hybridized carbons (Fsp3) is 0.700. The molecule has 4 atom stereocenters. The maximum Gasteiger partial charge on any atom is 0.244 e. The van der Waals surface area contributed by atoms with Gasteiger partial charge in [0.15, 0.2) is 0 Å². The van der Waals surface area contributed by atoms with Crippen LogP contribution >= 0.6 is 0 Å². The lowest BCUT2D eigenvalue weighted by Gasteiger charge is -2.38. The van der Waals surface area contributed by atoms with E-state index in [4.69, 9.17) is 10.5 Å². The van der Waals surface area contributed by atoms with Crippen molar-refractivity contribution < 1.29 is 38.6 Å². The van der Waals surface area contributed by atoms with Crippen LogP contribution in [0.25, 0.3) is 0 Å². The van der Waals surface area contributed by atoms with E-state index in [1.807, 2.05) is 0 Å². The van der Waals surface area contributed by atoms with E-state index in [1.54, 1.807) is 6.92 Å². The number of primary amides is 1. The molecule has 0 aromatic heterocycles. The summed E-state index contributed by atoms with van der Waals surface area (Å²) >= 11 is 0. The van der Waals surface area contributed by atoms with Crippen molar-refractivity contribution in [3.05, 3.63) is 0 Å². The molecule has 0 radical (unpaired) electrons. The van der Waals surface area contributed by atoms with Crippen LogP contribution in [0.15, 0.2) is 0 Å². The Balaban J connectivity index is 1.90. The minimum absolute atomic E-state index is 0.0593. The molecule has 0 aromatic rings. The largest absolute Gasteiger partial charge is 0.389 e. The highest BCUT2D eigenvalue weighted by molar-refractivity contribution is 6.10. The summed E-state index contributed by atoms with van der Waals surface area (Å²) in [5.41, 5.74) is 2.19. The number of hydrogen-bond donors (Lipinski definition) is 5. The molecule has 0 aliphatic carbocycles. The van der Waals surface area contributed by atoms with Crippen LogP contribution in [0.3, 0.4) is 0 Å². The summed E-state index contributed by atoms with van der Waals surface area (Å²) in [6, 6.07) is -2.10. The third-order valence-corrected chi connectivity index (χ3v) is 6.29. The van der Waals surface area contributed by atoms with Crippen LogP contribution < -0.4 is 21.7 Å². The summed E-state index contributed by atoms with van der Waals surface area (Å²) in [6.45, 7) is 3.49. The first-order valence-electron chi connectivity index (χ1n) is 10.7. The van der Waals surface area contributed by atoms with E-state index < -0.39 is 65.1 Å². The molecule has 13 heteroatoms. The van der Waals surface area contributed by atoms with Crippen molar-refractivity contribution in [2.45, 2.75) is 64.1 Å². The molecule has 33 heavy (non-hydrogen) atoms. The van der Waals surface area contributed by atoms with Gasteiger partial charge in [-0.25, -0.2) is 0 Å². The zero-order valence-corrected chi connectivity index (χ0v) is 18.9. The number of hydrogen-bond acceptors (Lipinski definition) is 8. The smallest absolute Gasteiger partial charge is 0.244 e. The number of nitrogens with two attached hydrogens (primary N) is 1. The lowest BCUT2D eigenvalue weighted by molar-refractivity contribution is -0.152. The van der Waals surface area contributed by atoms with Gasteiger partial charge in [0.25, 0.3) is 0 Å². The van der Waals surface area contributed by atoms with Gasteiger partial charge >= 0.3 is 0 Å². The van der Waals surface area contributed by atoms with Gasteiger partial charge in [-0.15, -0.1) is 0 Å². The Morgan fingerprint density at radius 2 is 1.94 bits per heavy atom. The first kappa shape index (κ1) is 26.2. The van der Waals surface area contributed by atoms with Crippen molar-refractivity contribution >= 4 is 35.4 Å². The standard InChI is InChI=1S/C20H31N5O8/c1-4-20-7-15(28)25(18(20)31)12(5-6-19(20,3)32)17(30)22-8-14(27)24-11(2)16(29)23-10-33-9-13(21)26/h11-12,32H,4-10H2,1-3H3,(H2,21,26)(H,22,30)(H,23,29)(H,24,27). The zero-order chi connectivity index (χ0) is 25.0. The van der Waals surface area contributed by atoms with Gasteiger partial charge in [-0.2, -0.15) is 0 Å². The highest BCUT2D eigenvalue weighted by atomic mass is 16.5. The predicted molar refractivity (Wildman–Crippen MR) is 112 cm³/mol. The molecule has 0 spiro atoms. The van der Waals surface area contributed by atoms with Crippen LogP contribution in [0.4, 0.5) is 0 Å². The molecular formula is C20H31N5O8. The Morgan fingerprint density at radius 3 is 2.55 bits per heavy atom. The van der Waals surface area contributed by atoms with Crippen molar-refractivity contribution in [1.82, 2.24) is 20.9 Å². The van der Waals surface area contributed by atoms with E-state index in [0.29, 0.717) is 0 Å². The van der Waals surface area contributed by atoms with Gasteiger partial charge in [-0.1, -0.05) is 6.92 Å². The van der Waals surface area contributed by atoms with Crippen LogP contribution in [0.1, 0.15) is 46.5 Å². The second kappa shape index (κ2) is 10.3. The number of imide groups is 1. The van der Waals surface area contributed by atoms with Gasteiger partial charge in [0.05, 0.1) is 17.6 Å². The number of amides is 6. The molecule has 2 bridgehead atoms. The quantitative estimate of drug-likeness (QED) is 0.129. The summed E-state index contributed by atoms with van der Waals surface area (Å²) in [6.07, 6.45) is 0.278. The van der Waals surface area contributed by atoms with Gasteiger partial charge in [0.1, 0.15) is 25.4 Å². The number of aliphatic hydroxyl groups is 1. The second-order valence-electron chi connectivity index (χ2n) is 8.52. The minimum Gasteiger partial charge on any atom is -0.389 e. The van der Waals surface area contributed by atoms with Crippen LogP contribution in [0.5, 0.6) is 0 Å². The molecule has 6 N–H and O–H groups in total. The summed E-state index contributed by atoms with van der Waals surface area (Å²) < 4.78 is 4.79. The molecule has 2 fully saturated rings. The highest BCUT2D eigenvalue weighted by Gasteiger charge is 2.63. The predicted octanol–water partition coefficient (Wildman–Crippen LogP) is -2.75. The maximum absolute atomic E-state index is 13.0. The topological polar surface area (TPSA) is 197 Å². The van der Waals surface area contributed by atoms with E-state index in [2.05, 4.69) is 16.0 Å². The lowest BCUT2D eigenvalue weighted by Crippen LogP contribution is -2.53. The van der Waals surface area contributed by atoms with E-state index >= 15 is 0 Å². The molecule has 0 saturated carbocycles. The molecule has 13 nitrogen and oxygen atoms in total. The van der Waals surface area contributed by atoms with Crippen LogP contribution in [-0.4, -0.2) is 83.0 Å². The van der Waals surface area contributed by atoms with Crippen molar-refractivity contribution in [3.8, 4) is 0 Å². The first-order chi connectivity index (χ1) is 15.4. The Bertz CT molecular complexity index is 844. The van der Waals surface area contributed by atoms with Gasteiger partial charge in [0, 0.05) is 6.42 Å². The van der Waals surface area contributed by atoms with Crippen molar-refractivity contribution in [3.63, 3.8) is 0 Å².